The molecular weight excluding hydrogens is 311 g/mol. The van der Waals surface area contributed by atoms with Crippen molar-refractivity contribution in [3.63, 3.8) is 0 Å². The fraction of sp³-hybridized carbons (Fsp3) is 0.111. The van der Waals surface area contributed by atoms with Crippen molar-refractivity contribution in [2.75, 3.05) is 7.11 Å². The van der Waals surface area contributed by atoms with Gasteiger partial charge in [-0.05, 0) is 18.2 Å². The molecule has 1 aromatic heterocycles. The molecule has 1 amide bonds. The number of aromatic nitrogens is 1. The van der Waals surface area contributed by atoms with Gasteiger partial charge in [0, 0.05) is 23.7 Å². The quantitative estimate of drug-likeness (QED) is 0.780. The second-order valence-electron chi connectivity index (χ2n) is 5.08. The van der Waals surface area contributed by atoms with E-state index in [-0.39, 0.29) is 11.6 Å². The van der Waals surface area contributed by atoms with Crippen molar-refractivity contribution >= 4 is 5.91 Å². The summed E-state index contributed by atoms with van der Waals surface area (Å²) in [6, 6.07) is 14.8. The standard InChI is InChI=1S/C18H15FN2O3/c1-23-16-8-3-2-5-13(16)11-20-18(22)17-10-15(21-24-17)12-6-4-7-14(19)9-12/h2-10H,11H2,1H3,(H,20,22). The number of para-hydroxylation sites is 1. The lowest BCUT2D eigenvalue weighted by Crippen LogP contribution is -2.22. The number of amides is 1. The van der Waals surface area contributed by atoms with Gasteiger partial charge in [-0.1, -0.05) is 35.5 Å². The second kappa shape index (κ2) is 6.95. The summed E-state index contributed by atoms with van der Waals surface area (Å²) in [5.41, 5.74) is 1.79. The first-order valence-corrected chi connectivity index (χ1v) is 7.30. The fourth-order valence-electron chi connectivity index (χ4n) is 2.28. The van der Waals surface area contributed by atoms with E-state index in [1.807, 2.05) is 24.3 Å². The summed E-state index contributed by atoms with van der Waals surface area (Å²) in [7, 11) is 1.57. The van der Waals surface area contributed by atoms with Gasteiger partial charge in [0.05, 0.1) is 7.11 Å². The van der Waals surface area contributed by atoms with E-state index in [1.54, 1.807) is 19.2 Å². The zero-order valence-electron chi connectivity index (χ0n) is 13.0. The Hall–Kier alpha value is -3.15. The molecule has 6 heteroatoms. The minimum absolute atomic E-state index is 0.0594. The van der Waals surface area contributed by atoms with Crippen molar-refractivity contribution < 1.29 is 18.4 Å². The van der Waals surface area contributed by atoms with Crippen molar-refractivity contribution in [2.45, 2.75) is 6.54 Å². The van der Waals surface area contributed by atoms with E-state index in [4.69, 9.17) is 9.26 Å². The van der Waals surface area contributed by atoms with Crippen LogP contribution >= 0.6 is 0 Å². The molecule has 0 atom stereocenters. The maximum atomic E-state index is 13.2. The lowest BCUT2D eigenvalue weighted by Gasteiger charge is -2.08. The van der Waals surface area contributed by atoms with Gasteiger partial charge in [-0.2, -0.15) is 0 Å². The predicted octanol–water partition coefficient (Wildman–Crippen LogP) is 3.42. The highest BCUT2D eigenvalue weighted by molar-refractivity contribution is 5.92. The predicted molar refractivity (Wildman–Crippen MR) is 86.1 cm³/mol. The summed E-state index contributed by atoms with van der Waals surface area (Å²) in [6.07, 6.45) is 0. The smallest absolute Gasteiger partial charge is 0.290 e. The molecule has 3 aromatic rings. The first-order valence-electron chi connectivity index (χ1n) is 7.30. The summed E-state index contributed by atoms with van der Waals surface area (Å²) in [5, 5.41) is 6.55. The molecule has 0 saturated carbocycles. The molecule has 0 aliphatic carbocycles. The van der Waals surface area contributed by atoms with Crippen molar-refractivity contribution in [3.8, 4) is 17.0 Å². The zero-order chi connectivity index (χ0) is 16.9. The Morgan fingerprint density at radius 3 is 2.83 bits per heavy atom. The van der Waals surface area contributed by atoms with Crippen LogP contribution in [0.2, 0.25) is 0 Å². The summed E-state index contributed by atoms with van der Waals surface area (Å²) >= 11 is 0. The van der Waals surface area contributed by atoms with Gasteiger partial charge >= 0.3 is 0 Å². The van der Waals surface area contributed by atoms with Gasteiger partial charge in [-0.25, -0.2) is 4.39 Å². The van der Waals surface area contributed by atoms with E-state index >= 15 is 0 Å². The van der Waals surface area contributed by atoms with Crippen LogP contribution in [0.3, 0.4) is 0 Å². The molecule has 0 unspecified atom stereocenters. The average molecular weight is 326 g/mol. The zero-order valence-corrected chi connectivity index (χ0v) is 13.0. The number of hydrogen-bond donors (Lipinski definition) is 1. The highest BCUT2D eigenvalue weighted by atomic mass is 19.1. The van der Waals surface area contributed by atoms with Gasteiger partial charge in [-0.3, -0.25) is 4.79 Å². The van der Waals surface area contributed by atoms with Crippen molar-refractivity contribution in [1.29, 1.82) is 0 Å². The topological polar surface area (TPSA) is 64.4 Å². The van der Waals surface area contributed by atoms with Crippen LogP contribution in [0.15, 0.2) is 59.1 Å². The molecule has 0 fully saturated rings. The molecule has 1 heterocycles. The summed E-state index contributed by atoms with van der Waals surface area (Å²) in [5.74, 6) is -0.0336. The molecular formula is C18H15FN2O3. The Labute approximate surface area is 138 Å². The molecule has 122 valence electrons. The third-order valence-electron chi connectivity index (χ3n) is 3.49. The maximum Gasteiger partial charge on any atom is 0.290 e. The van der Waals surface area contributed by atoms with Crippen LogP contribution in [-0.2, 0) is 6.54 Å². The third-order valence-corrected chi connectivity index (χ3v) is 3.49. The average Bonchev–Trinajstić information content (AvgIpc) is 3.10. The molecule has 5 nitrogen and oxygen atoms in total. The number of methoxy groups -OCH3 is 1. The molecule has 0 aliphatic heterocycles. The van der Waals surface area contributed by atoms with Gasteiger partial charge < -0.3 is 14.6 Å². The molecule has 1 N–H and O–H groups in total. The lowest BCUT2D eigenvalue weighted by atomic mass is 10.1. The molecule has 2 aromatic carbocycles. The van der Waals surface area contributed by atoms with Gasteiger partial charge in [-0.15, -0.1) is 0 Å². The van der Waals surface area contributed by atoms with Crippen molar-refractivity contribution in [3.05, 3.63) is 71.7 Å². The number of halogens is 1. The van der Waals surface area contributed by atoms with E-state index in [0.717, 1.165) is 5.56 Å². The molecule has 0 saturated heterocycles. The largest absolute Gasteiger partial charge is 0.496 e. The van der Waals surface area contributed by atoms with Crippen LogP contribution in [-0.4, -0.2) is 18.2 Å². The second-order valence-corrected chi connectivity index (χ2v) is 5.08. The van der Waals surface area contributed by atoms with Crippen molar-refractivity contribution in [2.24, 2.45) is 0 Å². The third kappa shape index (κ3) is 3.43. The highest BCUT2D eigenvalue weighted by Gasteiger charge is 2.14. The number of nitrogens with one attached hydrogen (secondary N) is 1. The number of carbonyl (C=O) groups is 1. The number of hydrogen-bond acceptors (Lipinski definition) is 4. The van der Waals surface area contributed by atoms with E-state index in [0.29, 0.717) is 23.6 Å². The molecule has 0 aliphatic rings. The van der Waals surface area contributed by atoms with E-state index < -0.39 is 5.91 Å². The first kappa shape index (κ1) is 15.7. The van der Waals surface area contributed by atoms with Gasteiger partial charge in [0.1, 0.15) is 17.3 Å². The Morgan fingerprint density at radius 1 is 1.21 bits per heavy atom. The lowest BCUT2D eigenvalue weighted by molar-refractivity contribution is 0.0914. The van der Waals surface area contributed by atoms with Crippen LogP contribution in [0.5, 0.6) is 5.75 Å². The molecule has 3 rings (SSSR count). The van der Waals surface area contributed by atoms with E-state index in [9.17, 15) is 9.18 Å². The molecule has 0 spiro atoms. The Balaban J connectivity index is 1.70. The summed E-state index contributed by atoms with van der Waals surface area (Å²) < 4.78 is 23.5. The SMILES string of the molecule is COc1ccccc1CNC(=O)c1cc(-c2cccc(F)c2)no1. The highest BCUT2D eigenvalue weighted by Crippen LogP contribution is 2.20. The van der Waals surface area contributed by atoms with Crippen LogP contribution in [0, 0.1) is 5.82 Å². The molecule has 0 radical (unpaired) electrons. The number of ether oxygens (including phenoxy) is 1. The minimum atomic E-state index is -0.406. The Kier molecular flexibility index (Phi) is 4.56. The maximum absolute atomic E-state index is 13.2. The van der Waals surface area contributed by atoms with E-state index in [1.165, 1.54) is 18.2 Å². The Bertz CT molecular complexity index is 861. The molecule has 24 heavy (non-hydrogen) atoms. The monoisotopic (exact) mass is 326 g/mol. The Morgan fingerprint density at radius 2 is 2.04 bits per heavy atom. The van der Waals surface area contributed by atoms with Crippen LogP contribution < -0.4 is 10.1 Å². The van der Waals surface area contributed by atoms with Crippen LogP contribution in [0.4, 0.5) is 4.39 Å². The summed E-state index contributed by atoms with van der Waals surface area (Å²) in [4.78, 5) is 12.2. The van der Waals surface area contributed by atoms with Gasteiger partial charge in [0.15, 0.2) is 0 Å². The normalized spacial score (nSPS) is 10.4. The number of rotatable bonds is 5. The molecule has 0 bridgehead atoms. The fourth-order valence-corrected chi connectivity index (χ4v) is 2.28. The van der Waals surface area contributed by atoms with Crippen molar-refractivity contribution in [1.82, 2.24) is 10.5 Å². The number of nitrogens with zero attached hydrogens (tertiary/aromatic N) is 1. The van der Waals surface area contributed by atoms with Gasteiger partial charge in [0.2, 0.25) is 5.76 Å². The van der Waals surface area contributed by atoms with Gasteiger partial charge in [0.25, 0.3) is 5.91 Å². The number of carbonyl (C=O) groups excluding carboxylic acids is 1. The first-order chi connectivity index (χ1) is 11.7. The summed E-state index contributed by atoms with van der Waals surface area (Å²) in [6.45, 7) is 0.291. The van der Waals surface area contributed by atoms with Crippen LogP contribution in [0.25, 0.3) is 11.3 Å². The van der Waals surface area contributed by atoms with E-state index in [2.05, 4.69) is 10.5 Å². The van der Waals surface area contributed by atoms with Crippen LogP contribution in [0.1, 0.15) is 16.1 Å². The number of benzene rings is 2. The minimum Gasteiger partial charge on any atom is -0.496 e.